The van der Waals surface area contributed by atoms with Crippen LogP contribution in [0.4, 0.5) is 0 Å². The maximum absolute atomic E-state index is 13.1. The molecule has 5 heteroatoms. The summed E-state index contributed by atoms with van der Waals surface area (Å²) in [4.78, 5) is 26.0. The number of methoxy groups -OCH3 is 1. The van der Waals surface area contributed by atoms with Crippen molar-refractivity contribution in [1.29, 1.82) is 0 Å². The minimum absolute atomic E-state index is 0.244. The predicted molar refractivity (Wildman–Crippen MR) is 107 cm³/mol. The van der Waals surface area contributed by atoms with Crippen molar-refractivity contribution in [3.05, 3.63) is 64.7 Å². The minimum atomic E-state index is -0.596. The zero-order valence-electron chi connectivity index (χ0n) is 16.9. The van der Waals surface area contributed by atoms with Gasteiger partial charge in [-0.05, 0) is 63.9 Å². The molecule has 0 spiro atoms. The van der Waals surface area contributed by atoms with Crippen molar-refractivity contribution in [2.75, 3.05) is 7.11 Å². The first-order chi connectivity index (χ1) is 12.7. The molecule has 5 nitrogen and oxygen atoms in total. The summed E-state index contributed by atoms with van der Waals surface area (Å²) in [6.45, 7) is 9.51. The van der Waals surface area contributed by atoms with E-state index in [2.05, 4.69) is 5.43 Å². The first-order valence-corrected chi connectivity index (χ1v) is 9.07. The molecule has 0 aliphatic heterocycles. The Kier molecular flexibility index (Phi) is 6.26. The van der Waals surface area contributed by atoms with Crippen LogP contribution in [0.3, 0.4) is 0 Å². The van der Waals surface area contributed by atoms with Gasteiger partial charge in [-0.25, -0.2) is 5.01 Å². The van der Waals surface area contributed by atoms with Gasteiger partial charge in [-0.1, -0.05) is 25.1 Å². The Morgan fingerprint density at radius 1 is 1.11 bits per heavy atom. The minimum Gasteiger partial charge on any atom is -0.496 e. The number of carbonyl (C=O) groups excluding carboxylic acids is 2. The van der Waals surface area contributed by atoms with Crippen molar-refractivity contribution in [3.8, 4) is 5.75 Å². The average molecular weight is 368 g/mol. The Balaban J connectivity index is 2.35. The highest BCUT2D eigenvalue weighted by atomic mass is 16.5. The van der Waals surface area contributed by atoms with E-state index in [0.29, 0.717) is 16.9 Å². The van der Waals surface area contributed by atoms with Gasteiger partial charge in [-0.15, -0.1) is 0 Å². The van der Waals surface area contributed by atoms with Gasteiger partial charge >= 0.3 is 0 Å². The van der Waals surface area contributed by atoms with Crippen LogP contribution in [0.5, 0.6) is 5.75 Å². The molecule has 0 radical (unpaired) electrons. The zero-order chi connectivity index (χ0) is 20.2. The van der Waals surface area contributed by atoms with Crippen LogP contribution in [-0.2, 0) is 6.42 Å². The Labute approximate surface area is 161 Å². The highest BCUT2D eigenvalue weighted by Crippen LogP contribution is 2.22. The molecule has 2 aromatic carbocycles. The van der Waals surface area contributed by atoms with E-state index in [-0.39, 0.29) is 11.8 Å². The van der Waals surface area contributed by atoms with Crippen molar-refractivity contribution in [2.24, 2.45) is 0 Å². The molecular formula is C22H28N2O3. The molecule has 2 rings (SSSR count). The van der Waals surface area contributed by atoms with Crippen LogP contribution < -0.4 is 10.2 Å². The van der Waals surface area contributed by atoms with Gasteiger partial charge in [0.05, 0.1) is 12.6 Å². The number of amides is 2. The third-order valence-electron chi connectivity index (χ3n) is 4.42. The van der Waals surface area contributed by atoms with Crippen molar-refractivity contribution >= 4 is 11.8 Å². The molecule has 0 aliphatic rings. The normalized spacial score (nSPS) is 11.0. The summed E-state index contributed by atoms with van der Waals surface area (Å²) in [5.41, 5.74) is 5.02. The van der Waals surface area contributed by atoms with Crippen LogP contribution >= 0.6 is 0 Å². The van der Waals surface area contributed by atoms with Crippen molar-refractivity contribution < 1.29 is 14.3 Å². The van der Waals surface area contributed by atoms with E-state index in [9.17, 15) is 9.59 Å². The third-order valence-corrected chi connectivity index (χ3v) is 4.42. The zero-order valence-corrected chi connectivity index (χ0v) is 16.9. The van der Waals surface area contributed by atoms with Gasteiger partial charge in [0, 0.05) is 16.7 Å². The molecule has 2 aromatic rings. The van der Waals surface area contributed by atoms with Crippen LogP contribution in [-0.4, -0.2) is 29.5 Å². The Hall–Kier alpha value is -2.82. The van der Waals surface area contributed by atoms with Gasteiger partial charge in [0.2, 0.25) is 0 Å². The molecule has 0 aliphatic carbocycles. The van der Waals surface area contributed by atoms with Gasteiger partial charge in [0.1, 0.15) is 5.75 Å². The van der Waals surface area contributed by atoms with Gasteiger partial charge in [-0.2, -0.15) is 0 Å². The predicted octanol–water partition coefficient (Wildman–Crippen LogP) is 4.15. The molecule has 0 aromatic heterocycles. The number of nitrogens with zero attached hydrogens (tertiary/aromatic N) is 1. The van der Waals surface area contributed by atoms with Crippen LogP contribution in [0, 0.1) is 6.92 Å². The second-order valence-electron chi connectivity index (χ2n) is 7.44. The Morgan fingerprint density at radius 3 is 2.37 bits per heavy atom. The summed E-state index contributed by atoms with van der Waals surface area (Å²) in [6, 6.07) is 12.8. The van der Waals surface area contributed by atoms with Crippen molar-refractivity contribution in [3.63, 3.8) is 0 Å². The summed E-state index contributed by atoms with van der Waals surface area (Å²) >= 11 is 0. The summed E-state index contributed by atoms with van der Waals surface area (Å²) in [7, 11) is 1.57. The first kappa shape index (κ1) is 20.5. The maximum atomic E-state index is 13.1. The lowest BCUT2D eigenvalue weighted by molar-refractivity contribution is 0.0358. The van der Waals surface area contributed by atoms with E-state index in [1.54, 1.807) is 31.4 Å². The van der Waals surface area contributed by atoms with E-state index in [1.807, 2.05) is 52.8 Å². The van der Waals surface area contributed by atoms with E-state index in [1.165, 1.54) is 5.01 Å². The van der Waals surface area contributed by atoms with E-state index < -0.39 is 5.54 Å². The van der Waals surface area contributed by atoms with Gasteiger partial charge in [0.25, 0.3) is 11.8 Å². The highest BCUT2D eigenvalue weighted by molar-refractivity contribution is 6.00. The molecule has 0 bridgehead atoms. The summed E-state index contributed by atoms with van der Waals surface area (Å²) in [5, 5.41) is 1.39. The van der Waals surface area contributed by atoms with Gasteiger partial charge in [0.15, 0.2) is 0 Å². The summed E-state index contributed by atoms with van der Waals surface area (Å²) < 4.78 is 5.29. The molecule has 2 amide bonds. The fourth-order valence-electron chi connectivity index (χ4n) is 2.82. The van der Waals surface area contributed by atoms with Crippen LogP contribution in [0.25, 0.3) is 0 Å². The summed E-state index contributed by atoms with van der Waals surface area (Å²) in [5.74, 6) is 0.0416. The van der Waals surface area contributed by atoms with E-state index in [0.717, 1.165) is 17.5 Å². The lowest BCUT2D eigenvalue weighted by atomic mass is 10.0. The molecule has 144 valence electrons. The average Bonchev–Trinajstić information content (AvgIpc) is 2.64. The van der Waals surface area contributed by atoms with Crippen LogP contribution in [0.2, 0.25) is 0 Å². The van der Waals surface area contributed by atoms with E-state index in [4.69, 9.17) is 4.74 Å². The van der Waals surface area contributed by atoms with E-state index >= 15 is 0 Å². The molecule has 0 heterocycles. The molecule has 0 saturated heterocycles. The van der Waals surface area contributed by atoms with Gasteiger partial charge in [-0.3, -0.25) is 15.0 Å². The molecule has 0 saturated carbocycles. The second-order valence-corrected chi connectivity index (χ2v) is 7.44. The third kappa shape index (κ3) is 4.67. The largest absolute Gasteiger partial charge is 0.496 e. The number of rotatable bonds is 4. The SMILES string of the molecule is CCc1cccc(C(=O)N(NC(=O)c2cccc(OC)c2C)C(C)(C)C)c1. The maximum Gasteiger partial charge on any atom is 0.272 e. The lowest BCUT2D eigenvalue weighted by Crippen LogP contribution is -2.56. The number of nitrogens with one attached hydrogen (secondary N) is 1. The fourth-order valence-corrected chi connectivity index (χ4v) is 2.82. The standard InChI is InChI=1S/C22H28N2O3/c1-7-16-10-8-11-17(14-16)21(26)24(22(3,4)5)23-20(25)18-12-9-13-19(27-6)15(18)2/h8-14H,7H2,1-6H3,(H,23,25). The number of aryl methyl sites for hydroxylation is 1. The molecule has 0 unspecified atom stereocenters. The Bertz CT molecular complexity index is 838. The molecule has 0 fully saturated rings. The quantitative estimate of drug-likeness (QED) is 0.825. The number of hydrazine groups is 1. The monoisotopic (exact) mass is 368 g/mol. The smallest absolute Gasteiger partial charge is 0.272 e. The number of ether oxygens (including phenoxy) is 1. The topological polar surface area (TPSA) is 58.6 Å². The summed E-state index contributed by atoms with van der Waals surface area (Å²) in [6.07, 6.45) is 0.839. The lowest BCUT2D eigenvalue weighted by Gasteiger charge is -2.35. The molecular weight excluding hydrogens is 340 g/mol. The Morgan fingerprint density at radius 2 is 1.78 bits per heavy atom. The highest BCUT2D eigenvalue weighted by Gasteiger charge is 2.30. The van der Waals surface area contributed by atoms with Gasteiger partial charge < -0.3 is 4.74 Å². The fraction of sp³-hybridized carbons (Fsp3) is 0.364. The number of benzene rings is 2. The number of hydrogen-bond acceptors (Lipinski definition) is 3. The van der Waals surface area contributed by atoms with Crippen molar-refractivity contribution in [2.45, 2.75) is 46.6 Å². The number of hydrogen-bond donors (Lipinski definition) is 1. The van der Waals surface area contributed by atoms with Crippen LogP contribution in [0.1, 0.15) is 59.5 Å². The molecule has 1 N–H and O–H groups in total. The van der Waals surface area contributed by atoms with Crippen LogP contribution in [0.15, 0.2) is 42.5 Å². The molecule has 0 atom stereocenters. The second kappa shape index (κ2) is 8.25. The molecule has 27 heavy (non-hydrogen) atoms. The number of carbonyl (C=O) groups is 2. The first-order valence-electron chi connectivity index (χ1n) is 9.07. The van der Waals surface area contributed by atoms with Crippen molar-refractivity contribution in [1.82, 2.24) is 10.4 Å².